The first kappa shape index (κ1) is 28.8. The number of aromatic nitrogens is 4. The summed E-state index contributed by atoms with van der Waals surface area (Å²) in [7, 11) is -4.34. The van der Waals surface area contributed by atoms with Crippen LogP contribution in [0.2, 0.25) is 0 Å². The van der Waals surface area contributed by atoms with Crippen molar-refractivity contribution in [2.75, 3.05) is 18.9 Å². The maximum Gasteiger partial charge on any atom is 0.459 e. The molecule has 6 atom stereocenters. The highest BCUT2D eigenvalue weighted by Gasteiger charge is 2.56. The molecule has 41 heavy (non-hydrogen) atoms. The molecule has 15 heteroatoms. The summed E-state index contributed by atoms with van der Waals surface area (Å²) < 4.78 is 53.7. The van der Waals surface area contributed by atoms with Gasteiger partial charge in [0.05, 0.1) is 25.1 Å². The third-order valence-corrected chi connectivity index (χ3v) is 8.38. The first-order chi connectivity index (χ1) is 19.5. The van der Waals surface area contributed by atoms with Crippen molar-refractivity contribution < 1.29 is 37.4 Å². The van der Waals surface area contributed by atoms with Crippen LogP contribution in [0.25, 0.3) is 16.4 Å². The number of alkyl halides is 1. The number of imidazole rings is 1. The Kier molecular flexibility index (Phi) is 7.95. The van der Waals surface area contributed by atoms with E-state index < -0.39 is 50.3 Å². The molecule has 1 aliphatic heterocycles. The molecular formula is C26H30FN6O7P. The minimum Gasteiger partial charge on any atom is -0.465 e. The van der Waals surface area contributed by atoms with E-state index in [0.717, 1.165) is 5.39 Å². The second-order valence-corrected chi connectivity index (χ2v) is 11.4. The first-order valence-electron chi connectivity index (χ1n) is 12.9. The Bertz CT molecular complexity index is 1610. The highest BCUT2D eigenvalue weighted by atomic mass is 31.2. The molecule has 3 heterocycles. The third kappa shape index (κ3) is 5.61. The highest BCUT2D eigenvalue weighted by molar-refractivity contribution is 7.52. The summed E-state index contributed by atoms with van der Waals surface area (Å²) >= 11 is 0. The molecule has 1 unspecified atom stereocenters. The first-order valence-corrected chi connectivity index (χ1v) is 14.4. The fourth-order valence-electron chi connectivity index (χ4n) is 4.64. The predicted molar refractivity (Wildman–Crippen MR) is 146 cm³/mol. The van der Waals surface area contributed by atoms with E-state index in [4.69, 9.17) is 24.3 Å². The summed E-state index contributed by atoms with van der Waals surface area (Å²) in [5.41, 5.74) is 3.90. The van der Waals surface area contributed by atoms with E-state index >= 15 is 4.39 Å². The van der Waals surface area contributed by atoms with Crippen LogP contribution in [0, 0.1) is 0 Å². The van der Waals surface area contributed by atoms with Crippen LogP contribution in [0.15, 0.2) is 55.0 Å². The van der Waals surface area contributed by atoms with Crippen molar-refractivity contribution in [2.24, 2.45) is 0 Å². The molecule has 0 radical (unpaired) electrons. The topological polar surface area (TPSA) is 172 Å². The number of carbonyl (C=O) groups is 1. The van der Waals surface area contributed by atoms with Gasteiger partial charge in [0.25, 0.3) is 0 Å². The lowest BCUT2D eigenvalue weighted by molar-refractivity contribution is -0.144. The van der Waals surface area contributed by atoms with E-state index in [1.807, 2.05) is 18.2 Å². The van der Waals surface area contributed by atoms with Crippen molar-refractivity contribution in [2.45, 2.75) is 50.8 Å². The number of hydrogen-bond acceptors (Lipinski definition) is 11. The number of aliphatic hydroxyl groups excluding tert-OH is 1. The molecule has 4 aromatic rings. The monoisotopic (exact) mass is 588 g/mol. The van der Waals surface area contributed by atoms with Gasteiger partial charge in [0.1, 0.15) is 36.4 Å². The molecular weight excluding hydrogens is 558 g/mol. The second kappa shape index (κ2) is 11.3. The summed E-state index contributed by atoms with van der Waals surface area (Å²) in [4.78, 5) is 20.3. The summed E-state index contributed by atoms with van der Waals surface area (Å²) in [5, 5.41) is 19.0. The lowest BCUT2D eigenvalue weighted by Gasteiger charge is -2.25. The van der Waals surface area contributed by atoms with Gasteiger partial charge in [-0.2, -0.15) is 10.2 Å². The molecule has 2 aromatic heterocycles. The van der Waals surface area contributed by atoms with Gasteiger partial charge in [-0.15, -0.1) is 0 Å². The quantitative estimate of drug-likeness (QED) is 0.183. The number of fused-ring (bicyclic) bond motifs is 2. The van der Waals surface area contributed by atoms with Crippen LogP contribution in [0.5, 0.6) is 5.75 Å². The highest BCUT2D eigenvalue weighted by Crippen LogP contribution is 2.49. The molecule has 218 valence electrons. The molecule has 4 N–H and O–H groups in total. The maximum absolute atomic E-state index is 15.9. The number of aliphatic hydroxyl groups is 1. The molecule has 13 nitrogen and oxygen atoms in total. The zero-order chi connectivity index (χ0) is 29.4. The van der Waals surface area contributed by atoms with Gasteiger partial charge in [0.2, 0.25) is 0 Å². The molecule has 0 amide bonds. The molecule has 2 aromatic carbocycles. The number of hydrogen-bond donors (Lipinski definition) is 3. The van der Waals surface area contributed by atoms with Crippen molar-refractivity contribution in [1.29, 1.82) is 0 Å². The van der Waals surface area contributed by atoms with Crippen LogP contribution in [0.3, 0.4) is 0 Å². The third-order valence-electron chi connectivity index (χ3n) is 6.75. The fraction of sp³-hybridized carbons (Fsp3) is 0.385. The minimum absolute atomic E-state index is 0.0820. The van der Waals surface area contributed by atoms with Gasteiger partial charge in [-0.1, -0.05) is 36.4 Å². The Balaban J connectivity index is 1.40. The number of rotatable bonds is 10. The molecule has 0 aliphatic carbocycles. The van der Waals surface area contributed by atoms with E-state index in [1.54, 1.807) is 31.2 Å². The number of carbonyl (C=O) groups excluding carboxylic acids is 1. The van der Waals surface area contributed by atoms with Crippen LogP contribution in [-0.4, -0.2) is 67.8 Å². The number of nitrogens with one attached hydrogen (secondary N) is 1. The van der Waals surface area contributed by atoms with Gasteiger partial charge in [-0.25, -0.2) is 23.4 Å². The maximum atomic E-state index is 15.9. The SMILES string of the molecule is CCOC(=O)[C@H](C)NP(=O)(OC[C@H]1O[C@@H](c2cnc3c(N)ncnn23)[C@](C)(F)[C@@H]1O)Oc1cccc2ccccc12. The number of ether oxygens (including phenoxy) is 2. The number of anilines is 1. The van der Waals surface area contributed by atoms with E-state index in [-0.39, 0.29) is 29.5 Å². The van der Waals surface area contributed by atoms with Crippen LogP contribution >= 0.6 is 7.75 Å². The normalized spacial score (nSPS) is 24.8. The Hall–Kier alpha value is -3.68. The van der Waals surface area contributed by atoms with Crippen LogP contribution in [0.4, 0.5) is 10.2 Å². The number of esters is 1. The summed E-state index contributed by atoms with van der Waals surface area (Å²) in [6.45, 7) is 3.79. The molecule has 1 saturated heterocycles. The van der Waals surface area contributed by atoms with Crippen molar-refractivity contribution in [3.8, 4) is 5.75 Å². The van der Waals surface area contributed by atoms with Gasteiger partial charge in [0.15, 0.2) is 17.1 Å². The average molecular weight is 589 g/mol. The predicted octanol–water partition coefficient (Wildman–Crippen LogP) is 3.13. The largest absolute Gasteiger partial charge is 0.465 e. The molecule has 0 bridgehead atoms. The molecule has 1 fully saturated rings. The Morgan fingerprint density at radius 1 is 1.29 bits per heavy atom. The Morgan fingerprint density at radius 3 is 2.83 bits per heavy atom. The lowest BCUT2D eigenvalue weighted by Crippen LogP contribution is -2.40. The van der Waals surface area contributed by atoms with Gasteiger partial charge >= 0.3 is 13.7 Å². The average Bonchev–Trinajstić information content (AvgIpc) is 3.47. The number of nitrogen functional groups attached to an aromatic ring is 1. The van der Waals surface area contributed by atoms with E-state index in [9.17, 15) is 14.5 Å². The smallest absolute Gasteiger partial charge is 0.459 e. The Labute approximate surface area is 234 Å². The molecule has 1 aliphatic rings. The zero-order valence-corrected chi connectivity index (χ0v) is 23.4. The number of benzene rings is 2. The van der Waals surface area contributed by atoms with E-state index in [2.05, 4.69) is 20.2 Å². The summed E-state index contributed by atoms with van der Waals surface area (Å²) in [6, 6.07) is 11.3. The Morgan fingerprint density at radius 2 is 2.05 bits per heavy atom. The molecule has 5 rings (SSSR count). The van der Waals surface area contributed by atoms with Gasteiger partial charge in [0, 0.05) is 5.39 Å². The van der Waals surface area contributed by atoms with Crippen LogP contribution in [0.1, 0.15) is 32.6 Å². The van der Waals surface area contributed by atoms with Gasteiger partial charge < -0.3 is 24.8 Å². The second-order valence-electron chi connectivity index (χ2n) is 9.68. The lowest BCUT2D eigenvalue weighted by atomic mass is 9.93. The van der Waals surface area contributed by atoms with Crippen molar-refractivity contribution in [3.05, 3.63) is 60.7 Å². The van der Waals surface area contributed by atoms with E-state index in [1.165, 1.54) is 30.9 Å². The number of nitrogens with two attached hydrogens (primary N) is 1. The fourth-order valence-corrected chi connectivity index (χ4v) is 6.17. The van der Waals surface area contributed by atoms with Gasteiger partial charge in [-0.3, -0.25) is 9.32 Å². The van der Waals surface area contributed by atoms with Crippen molar-refractivity contribution >= 4 is 36.0 Å². The van der Waals surface area contributed by atoms with Crippen LogP contribution < -0.4 is 15.3 Å². The number of nitrogens with zero attached hydrogens (tertiary/aromatic N) is 4. The van der Waals surface area contributed by atoms with Crippen molar-refractivity contribution in [1.82, 2.24) is 24.7 Å². The minimum atomic E-state index is -4.34. The summed E-state index contributed by atoms with van der Waals surface area (Å²) in [5.74, 6) is -0.377. The van der Waals surface area contributed by atoms with Crippen LogP contribution in [-0.2, 0) is 23.4 Å². The molecule has 0 saturated carbocycles. The molecule has 0 spiro atoms. The van der Waals surface area contributed by atoms with Gasteiger partial charge in [-0.05, 0) is 32.2 Å². The number of halogens is 1. The van der Waals surface area contributed by atoms with E-state index in [0.29, 0.717) is 5.39 Å². The van der Waals surface area contributed by atoms with Crippen molar-refractivity contribution in [3.63, 3.8) is 0 Å². The zero-order valence-electron chi connectivity index (χ0n) is 22.5. The standard InChI is InChI=1S/C26H30FN6O7P/c1-4-37-25(35)15(2)32-41(36,40-19-11-7-9-16-8-5-6-10-17(16)19)38-13-20-21(34)26(3,27)22(39-20)18-12-29-24-23(28)30-14-31-33(18)24/h5-12,14-15,20-22,34H,4,13H2,1-3H3,(H,32,36)(H2,28,30,31)/t15-,20+,21+,22-,26+,41?/m0/s1. The summed E-state index contributed by atoms with van der Waals surface area (Å²) in [6.07, 6.45) is -1.81.